The minimum absolute atomic E-state index is 0.148. The molecule has 11 heteroatoms. The number of carboxylic acids is 1. The molecule has 4 bridgehead atoms. The maximum Gasteiger partial charge on any atom is 0.424 e. The quantitative estimate of drug-likeness (QED) is 0.420. The summed E-state index contributed by atoms with van der Waals surface area (Å²) in [4.78, 5) is 73.2. The smallest absolute Gasteiger partial charge is 0.424 e. The molecule has 2 aromatic rings. The van der Waals surface area contributed by atoms with Crippen LogP contribution in [0.4, 0.5) is 9.59 Å². The van der Waals surface area contributed by atoms with Gasteiger partial charge in [0.2, 0.25) is 0 Å². The molecule has 0 unspecified atom stereocenters. The molecule has 1 heterocycles. The third-order valence-electron chi connectivity index (χ3n) is 9.61. The number of urea groups is 1. The van der Waals surface area contributed by atoms with Gasteiger partial charge in [0.15, 0.2) is 0 Å². The number of benzene rings is 2. The van der Waals surface area contributed by atoms with Gasteiger partial charge in [0.05, 0.1) is 5.54 Å². The van der Waals surface area contributed by atoms with Crippen LogP contribution in [0.15, 0.2) is 54.6 Å². The van der Waals surface area contributed by atoms with Crippen LogP contribution in [0.2, 0.25) is 0 Å². The van der Waals surface area contributed by atoms with Crippen molar-refractivity contribution in [2.45, 2.75) is 64.0 Å². The van der Waals surface area contributed by atoms with Crippen LogP contribution in [0.3, 0.4) is 0 Å². The van der Waals surface area contributed by atoms with Crippen molar-refractivity contribution in [2.75, 3.05) is 6.54 Å². The van der Waals surface area contributed by atoms with Gasteiger partial charge in [0.25, 0.3) is 5.91 Å². The first-order valence-corrected chi connectivity index (χ1v) is 15.5. The van der Waals surface area contributed by atoms with Gasteiger partial charge in [-0.05, 0) is 85.5 Å². The first-order valence-electron chi connectivity index (χ1n) is 15.5. The highest BCUT2D eigenvalue weighted by Crippen LogP contribution is 2.58. The fraction of sp³-hybridized carbons (Fsp3) is 0.441. The predicted octanol–water partition coefficient (Wildman–Crippen LogP) is 5.26. The monoisotopic (exact) mass is 615 g/mol. The SMILES string of the molecule is CC(C)[C@H]1C(=O)NOC(=O)CN1C(=O)N(C(=O)Oc1cc(/C=C/C(=O)O)ccc1-c1ccccc1)C12CC3CC(CC(C3)C1)C2. The average molecular weight is 616 g/mol. The molecule has 4 aliphatic carbocycles. The van der Waals surface area contributed by atoms with E-state index in [1.807, 2.05) is 30.3 Å². The average Bonchev–Trinajstić information content (AvgIpc) is 3.13. The topological polar surface area (TPSA) is 143 Å². The first kappa shape index (κ1) is 30.4. The number of aliphatic carboxylic acids is 1. The summed E-state index contributed by atoms with van der Waals surface area (Å²) < 4.78 is 6.13. The molecule has 0 aromatic heterocycles. The molecule has 4 saturated carbocycles. The highest BCUT2D eigenvalue weighted by molar-refractivity contribution is 5.98. The lowest BCUT2D eigenvalue weighted by Gasteiger charge is -2.59. The van der Waals surface area contributed by atoms with Gasteiger partial charge in [-0.15, -0.1) is 0 Å². The van der Waals surface area contributed by atoms with Crippen molar-refractivity contribution in [3.8, 4) is 16.9 Å². The molecule has 2 aromatic carbocycles. The molecule has 0 radical (unpaired) electrons. The number of rotatable bonds is 6. The zero-order chi connectivity index (χ0) is 31.9. The van der Waals surface area contributed by atoms with Crippen LogP contribution in [0.1, 0.15) is 57.9 Å². The number of hydrogen-bond donors (Lipinski definition) is 2. The van der Waals surface area contributed by atoms with Crippen molar-refractivity contribution in [2.24, 2.45) is 23.7 Å². The van der Waals surface area contributed by atoms with E-state index in [1.54, 1.807) is 32.0 Å². The molecule has 4 amide bonds. The van der Waals surface area contributed by atoms with Gasteiger partial charge in [-0.25, -0.2) is 24.1 Å². The van der Waals surface area contributed by atoms with Gasteiger partial charge >= 0.3 is 24.1 Å². The second-order valence-corrected chi connectivity index (χ2v) is 13.2. The molecule has 236 valence electrons. The third-order valence-corrected chi connectivity index (χ3v) is 9.61. The fourth-order valence-electron chi connectivity index (χ4n) is 8.26. The van der Waals surface area contributed by atoms with Crippen molar-refractivity contribution >= 4 is 36.0 Å². The van der Waals surface area contributed by atoms with E-state index in [0.717, 1.165) is 35.8 Å². The van der Waals surface area contributed by atoms with Gasteiger partial charge in [-0.1, -0.05) is 56.3 Å². The standard InChI is InChI=1S/C34H37N3O8/c1-20(2)30-31(41)35-45-29(40)19-36(30)32(42)37(34-16-22-12-23(17-34)14-24(13-22)18-34)33(43)44-27-15-21(9-11-28(38)39)8-10-26(27)25-6-4-3-5-7-25/h3-11,15,20,22-24,30H,12-14,16-19H2,1-2H3,(H,35,41)(H,38,39)/b11-9+/t22?,23?,24?,30-,34?/m0/s1. The Morgan fingerprint density at radius 1 is 1.02 bits per heavy atom. The summed E-state index contributed by atoms with van der Waals surface area (Å²) >= 11 is 0. The van der Waals surface area contributed by atoms with Crippen LogP contribution in [-0.2, 0) is 19.2 Å². The van der Waals surface area contributed by atoms with Gasteiger partial charge in [0.1, 0.15) is 18.3 Å². The largest absolute Gasteiger partial charge is 0.478 e. The van der Waals surface area contributed by atoms with Crippen molar-refractivity contribution in [1.29, 1.82) is 0 Å². The lowest BCUT2D eigenvalue weighted by molar-refractivity contribution is -0.155. The highest BCUT2D eigenvalue weighted by atomic mass is 16.7. The third kappa shape index (κ3) is 6.03. The molecule has 1 atom stereocenters. The number of carbonyl (C=O) groups excluding carboxylic acids is 4. The van der Waals surface area contributed by atoms with Crippen LogP contribution in [0.25, 0.3) is 17.2 Å². The number of hydrogen-bond acceptors (Lipinski definition) is 7. The second-order valence-electron chi connectivity index (χ2n) is 13.2. The Kier molecular flexibility index (Phi) is 8.11. The van der Waals surface area contributed by atoms with Gasteiger partial charge in [0, 0.05) is 11.6 Å². The number of nitrogens with zero attached hydrogens (tertiary/aromatic N) is 2. The molecule has 45 heavy (non-hydrogen) atoms. The van der Waals surface area contributed by atoms with Crippen LogP contribution in [0.5, 0.6) is 5.75 Å². The number of nitrogens with one attached hydrogen (secondary N) is 1. The summed E-state index contributed by atoms with van der Waals surface area (Å²) in [6.45, 7) is 3.01. The summed E-state index contributed by atoms with van der Waals surface area (Å²) in [5.41, 5.74) is 3.13. The van der Waals surface area contributed by atoms with Gasteiger partial charge in [-0.3, -0.25) is 4.79 Å². The number of carbonyl (C=O) groups is 5. The van der Waals surface area contributed by atoms with Gasteiger partial charge < -0.3 is 19.6 Å². The number of carboxylic acid groups (broad SMARTS) is 1. The molecule has 5 fully saturated rings. The van der Waals surface area contributed by atoms with Crippen molar-refractivity contribution < 1.29 is 38.7 Å². The minimum atomic E-state index is -1.13. The molecule has 1 aliphatic heterocycles. The van der Waals surface area contributed by atoms with Crippen LogP contribution in [0, 0.1) is 23.7 Å². The highest BCUT2D eigenvalue weighted by Gasteiger charge is 2.58. The van der Waals surface area contributed by atoms with E-state index in [-0.39, 0.29) is 11.7 Å². The Hall–Kier alpha value is -4.67. The van der Waals surface area contributed by atoms with E-state index in [2.05, 4.69) is 5.48 Å². The number of imide groups is 1. The summed E-state index contributed by atoms with van der Waals surface area (Å²) in [5, 5.41) is 9.17. The van der Waals surface area contributed by atoms with Crippen molar-refractivity contribution in [3.63, 3.8) is 0 Å². The summed E-state index contributed by atoms with van der Waals surface area (Å²) in [6, 6.07) is 12.5. The lowest BCUT2D eigenvalue weighted by Crippen LogP contribution is -2.67. The van der Waals surface area contributed by atoms with E-state index >= 15 is 0 Å². The Bertz CT molecular complexity index is 1520. The Balaban J connectivity index is 1.43. The van der Waals surface area contributed by atoms with Crippen LogP contribution < -0.4 is 10.2 Å². The summed E-state index contributed by atoms with van der Waals surface area (Å²) in [7, 11) is 0. The van der Waals surface area contributed by atoms with E-state index in [0.29, 0.717) is 48.1 Å². The summed E-state index contributed by atoms with van der Waals surface area (Å²) in [6.07, 6.45) is 6.53. The van der Waals surface area contributed by atoms with E-state index in [9.17, 15) is 24.0 Å². The summed E-state index contributed by atoms with van der Waals surface area (Å²) in [5.74, 6) is -1.74. The van der Waals surface area contributed by atoms with Crippen molar-refractivity contribution in [1.82, 2.24) is 15.3 Å². The zero-order valence-electron chi connectivity index (χ0n) is 25.3. The first-order chi connectivity index (χ1) is 21.5. The maximum absolute atomic E-state index is 14.7. The fourth-order valence-corrected chi connectivity index (χ4v) is 8.26. The van der Waals surface area contributed by atoms with Crippen molar-refractivity contribution in [3.05, 3.63) is 60.2 Å². The zero-order valence-corrected chi connectivity index (χ0v) is 25.3. The number of amides is 4. The normalized spacial score (nSPS) is 27.2. The molecule has 2 N–H and O–H groups in total. The Labute approximate surface area is 261 Å². The molecule has 7 rings (SSSR count). The molecule has 0 spiro atoms. The van der Waals surface area contributed by atoms with E-state index in [1.165, 1.54) is 11.0 Å². The number of ether oxygens (including phenoxy) is 1. The van der Waals surface area contributed by atoms with E-state index in [4.69, 9.17) is 14.7 Å². The second kappa shape index (κ2) is 12.0. The molecular formula is C34H37N3O8. The molecular weight excluding hydrogens is 578 g/mol. The minimum Gasteiger partial charge on any atom is -0.478 e. The molecule has 11 nitrogen and oxygen atoms in total. The number of hydroxylamine groups is 1. The van der Waals surface area contributed by atoms with E-state index < -0.39 is 48.1 Å². The van der Waals surface area contributed by atoms with Crippen LogP contribution in [-0.4, -0.2) is 63.0 Å². The predicted molar refractivity (Wildman–Crippen MR) is 162 cm³/mol. The Morgan fingerprint density at radius 3 is 2.27 bits per heavy atom. The maximum atomic E-state index is 14.7. The van der Waals surface area contributed by atoms with Crippen LogP contribution >= 0.6 is 0 Å². The Morgan fingerprint density at radius 2 is 1.67 bits per heavy atom. The molecule has 5 aliphatic rings. The molecule has 1 saturated heterocycles. The van der Waals surface area contributed by atoms with Gasteiger partial charge in [-0.2, -0.15) is 5.48 Å². The lowest BCUT2D eigenvalue weighted by atomic mass is 9.52.